The molecule has 7 heteroatoms. The summed E-state index contributed by atoms with van der Waals surface area (Å²) >= 11 is 0. The predicted molar refractivity (Wildman–Crippen MR) is 98.3 cm³/mol. The molecule has 1 aromatic heterocycles. The minimum Gasteiger partial charge on any atom is -0.338 e. The van der Waals surface area contributed by atoms with Crippen molar-refractivity contribution in [3.8, 4) is 11.4 Å². The molecule has 0 saturated carbocycles. The number of benzene rings is 1. The van der Waals surface area contributed by atoms with E-state index in [1.54, 1.807) is 4.90 Å². The molecule has 0 aliphatic heterocycles. The third-order valence-electron chi connectivity index (χ3n) is 3.82. The number of carbonyl (C=O) groups is 1. The van der Waals surface area contributed by atoms with E-state index in [-0.39, 0.29) is 35.4 Å². The fourth-order valence-corrected chi connectivity index (χ4v) is 3.74. The summed E-state index contributed by atoms with van der Waals surface area (Å²) in [5, 5.41) is 3.96. The number of hydrogen-bond donors (Lipinski definition) is 0. The Morgan fingerprint density at radius 1 is 1.20 bits per heavy atom. The first kappa shape index (κ1) is 19.3. The van der Waals surface area contributed by atoms with E-state index in [0.29, 0.717) is 5.82 Å². The number of aromatic nitrogens is 2. The van der Waals surface area contributed by atoms with Crippen LogP contribution in [0.2, 0.25) is 0 Å². The topological polar surface area (TPSA) is 76.3 Å². The molecule has 0 aliphatic carbocycles. The fourth-order valence-electron chi connectivity index (χ4n) is 2.82. The Morgan fingerprint density at radius 3 is 2.44 bits per heavy atom. The monoisotopic (exact) mass is 363 g/mol. The maximum Gasteiger partial charge on any atom is 0.239 e. The van der Waals surface area contributed by atoms with Gasteiger partial charge in [0.2, 0.25) is 17.6 Å². The van der Waals surface area contributed by atoms with E-state index in [9.17, 15) is 9.00 Å². The molecular weight excluding hydrogens is 338 g/mol. The first-order valence-corrected chi connectivity index (χ1v) is 9.83. The van der Waals surface area contributed by atoms with Crippen molar-refractivity contribution in [1.29, 1.82) is 0 Å². The second kappa shape index (κ2) is 8.38. The van der Waals surface area contributed by atoms with Crippen LogP contribution in [0.5, 0.6) is 0 Å². The van der Waals surface area contributed by atoms with Crippen molar-refractivity contribution >= 4 is 16.7 Å². The Labute approximate surface area is 151 Å². The van der Waals surface area contributed by atoms with Crippen LogP contribution < -0.4 is 0 Å². The normalized spacial score (nSPS) is 12.6. The second-order valence-electron chi connectivity index (χ2n) is 6.54. The standard InChI is InChI=1S/C18H25N3O3S/c1-12(2)21(13(3)4)17(22)11-25(23)10-16-19-18(20-24-16)15-9-7-6-8-14(15)5/h6-9,12-13H,10-11H2,1-5H3/t25-/m1/s1. The molecule has 0 unspecified atom stereocenters. The summed E-state index contributed by atoms with van der Waals surface area (Å²) in [7, 11) is -1.39. The number of nitrogens with zero attached hydrogens (tertiary/aromatic N) is 3. The van der Waals surface area contributed by atoms with Crippen LogP contribution in [0.3, 0.4) is 0 Å². The van der Waals surface area contributed by atoms with E-state index in [1.165, 1.54) is 0 Å². The number of rotatable bonds is 7. The summed E-state index contributed by atoms with van der Waals surface area (Å²) in [6.45, 7) is 9.77. The van der Waals surface area contributed by atoms with Crippen molar-refractivity contribution in [2.75, 3.05) is 5.75 Å². The van der Waals surface area contributed by atoms with Crippen LogP contribution in [0.1, 0.15) is 39.1 Å². The SMILES string of the molecule is Cc1ccccc1-c1noc(C[S@@](=O)CC(=O)N(C(C)C)C(C)C)n1. The Morgan fingerprint density at radius 2 is 1.84 bits per heavy atom. The van der Waals surface area contributed by atoms with Crippen LogP contribution in [-0.2, 0) is 21.3 Å². The van der Waals surface area contributed by atoms with Crippen LogP contribution >= 0.6 is 0 Å². The van der Waals surface area contributed by atoms with E-state index in [4.69, 9.17) is 4.52 Å². The fraction of sp³-hybridized carbons (Fsp3) is 0.500. The summed E-state index contributed by atoms with van der Waals surface area (Å²) in [6, 6.07) is 7.86. The molecule has 0 spiro atoms. The Hall–Kier alpha value is -2.02. The van der Waals surface area contributed by atoms with Crippen molar-refractivity contribution in [2.24, 2.45) is 0 Å². The molecule has 25 heavy (non-hydrogen) atoms. The Kier molecular flexibility index (Phi) is 6.47. The summed E-state index contributed by atoms with van der Waals surface area (Å²) in [5.74, 6) is 0.669. The largest absolute Gasteiger partial charge is 0.338 e. The van der Waals surface area contributed by atoms with Gasteiger partial charge in [-0.1, -0.05) is 29.4 Å². The molecule has 2 aromatic rings. The van der Waals surface area contributed by atoms with Gasteiger partial charge in [-0.25, -0.2) is 0 Å². The molecule has 6 nitrogen and oxygen atoms in total. The molecule has 1 amide bonds. The van der Waals surface area contributed by atoms with Crippen LogP contribution in [0.4, 0.5) is 0 Å². The zero-order chi connectivity index (χ0) is 18.6. The molecule has 1 atom stereocenters. The number of carbonyl (C=O) groups excluding carboxylic acids is 1. The van der Waals surface area contributed by atoms with Crippen molar-refractivity contribution in [3.63, 3.8) is 0 Å². The minimum atomic E-state index is -1.39. The van der Waals surface area contributed by atoms with Gasteiger partial charge in [-0.2, -0.15) is 4.98 Å². The van der Waals surface area contributed by atoms with E-state index < -0.39 is 10.8 Å². The average molecular weight is 363 g/mol. The summed E-state index contributed by atoms with van der Waals surface area (Å²) < 4.78 is 17.5. The average Bonchev–Trinajstić information content (AvgIpc) is 2.94. The molecule has 0 radical (unpaired) electrons. The van der Waals surface area contributed by atoms with Gasteiger partial charge in [0.25, 0.3) is 0 Å². The molecule has 0 N–H and O–H groups in total. The lowest BCUT2D eigenvalue weighted by atomic mass is 10.1. The van der Waals surface area contributed by atoms with Gasteiger partial charge >= 0.3 is 0 Å². The van der Waals surface area contributed by atoms with Gasteiger partial charge in [-0.05, 0) is 40.2 Å². The molecule has 0 fully saturated rings. The first-order chi connectivity index (χ1) is 11.8. The highest BCUT2D eigenvalue weighted by atomic mass is 32.2. The Bertz CT molecular complexity index is 748. The van der Waals surface area contributed by atoms with E-state index in [1.807, 2.05) is 58.9 Å². The Balaban J connectivity index is 2.02. The number of aryl methyl sites for hydroxylation is 1. The van der Waals surface area contributed by atoms with Gasteiger partial charge in [-0.3, -0.25) is 9.00 Å². The number of hydrogen-bond acceptors (Lipinski definition) is 5. The van der Waals surface area contributed by atoms with Gasteiger partial charge in [0.15, 0.2) is 0 Å². The summed E-state index contributed by atoms with van der Waals surface area (Å²) in [4.78, 5) is 18.4. The second-order valence-corrected chi connectivity index (χ2v) is 8.00. The van der Waals surface area contributed by atoms with Crippen LogP contribution in [0, 0.1) is 6.92 Å². The van der Waals surface area contributed by atoms with Crippen molar-refractivity contribution in [2.45, 2.75) is 52.5 Å². The lowest BCUT2D eigenvalue weighted by Crippen LogP contribution is -2.44. The molecule has 0 saturated heterocycles. The molecule has 136 valence electrons. The highest BCUT2D eigenvalue weighted by molar-refractivity contribution is 7.84. The van der Waals surface area contributed by atoms with E-state index >= 15 is 0 Å². The number of amides is 1. The molecule has 1 aromatic carbocycles. The maximum atomic E-state index is 12.4. The van der Waals surface area contributed by atoms with Crippen LogP contribution in [0.15, 0.2) is 28.8 Å². The van der Waals surface area contributed by atoms with Crippen LogP contribution in [-0.4, -0.2) is 43.0 Å². The van der Waals surface area contributed by atoms with Gasteiger partial charge < -0.3 is 9.42 Å². The van der Waals surface area contributed by atoms with Crippen LogP contribution in [0.25, 0.3) is 11.4 Å². The predicted octanol–water partition coefficient (Wildman–Crippen LogP) is 2.94. The zero-order valence-electron chi connectivity index (χ0n) is 15.4. The highest BCUT2D eigenvalue weighted by Crippen LogP contribution is 2.20. The smallest absolute Gasteiger partial charge is 0.239 e. The molecular formula is C18H25N3O3S. The van der Waals surface area contributed by atoms with E-state index in [0.717, 1.165) is 11.1 Å². The van der Waals surface area contributed by atoms with Gasteiger partial charge in [0.05, 0.1) is 0 Å². The first-order valence-electron chi connectivity index (χ1n) is 8.34. The molecule has 1 heterocycles. The molecule has 0 aliphatic rings. The quantitative estimate of drug-likeness (QED) is 0.756. The lowest BCUT2D eigenvalue weighted by molar-refractivity contribution is -0.131. The summed E-state index contributed by atoms with van der Waals surface area (Å²) in [5.41, 5.74) is 1.92. The van der Waals surface area contributed by atoms with Crippen molar-refractivity contribution in [3.05, 3.63) is 35.7 Å². The summed E-state index contributed by atoms with van der Waals surface area (Å²) in [6.07, 6.45) is 0. The zero-order valence-corrected chi connectivity index (χ0v) is 16.2. The maximum absolute atomic E-state index is 12.4. The molecule has 0 bridgehead atoms. The molecule has 2 rings (SSSR count). The highest BCUT2D eigenvalue weighted by Gasteiger charge is 2.23. The van der Waals surface area contributed by atoms with Crippen molar-refractivity contribution < 1.29 is 13.5 Å². The van der Waals surface area contributed by atoms with Gasteiger partial charge in [-0.15, -0.1) is 0 Å². The minimum absolute atomic E-state index is 0.0432. The third kappa shape index (κ3) is 4.98. The van der Waals surface area contributed by atoms with Gasteiger partial charge in [0.1, 0.15) is 11.5 Å². The van der Waals surface area contributed by atoms with Crippen molar-refractivity contribution in [1.82, 2.24) is 15.0 Å². The van der Waals surface area contributed by atoms with Gasteiger partial charge in [0, 0.05) is 28.4 Å². The third-order valence-corrected chi connectivity index (χ3v) is 4.96. The lowest BCUT2D eigenvalue weighted by Gasteiger charge is -2.30. The van der Waals surface area contributed by atoms with E-state index in [2.05, 4.69) is 10.1 Å².